The monoisotopic (exact) mass is 953 g/mol. The predicted octanol–water partition coefficient (Wildman–Crippen LogP) is 4.96. The molecule has 5 aromatic heterocycles. The Kier molecular flexibility index (Phi) is 13.6. The molecular weight excluding hydrogens is 902 g/mol. The van der Waals surface area contributed by atoms with Crippen molar-refractivity contribution in [3.05, 3.63) is 76.7 Å². The molecular formula is C45H53Cl2N15O5. The van der Waals surface area contributed by atoms with Gasteiger partial charge in [-0.05, 0) is 75.5 Å². The van der Waals surface area contributed by atoms with Gasteiger partial charge in [0.25, 0.3) is 0 Å². The van der Waals surface area contributed by atoms with Crippen LogP contribution in [0.3, 0.4) is 0 Å². The molecule has 3 aliphatic heterocycles. The van der Waals surface area contributed by atoms with Gasteiger partial charge in [-0.3, -0.25) is 29.4 Å². The van der Waals surface area contributed by atoms with Crippen LogP contribution in [0.15, 0.2) is 55.2 Å². The average Bonchev–Trinajstić information content (AvgIpc) is 4.01. The molecule has 8 heterocycles. The highest BCUT2D eigenvalue weighted by atomic mass is 35.5. The third-order valence-corrected chi connectivity index (χ3v) is 14.2. The third kappa shape index (κ3) is 10.2. The van der Waals surface area contributed by atoms with E-state index in [-0.39, 0.29) is 51.6 Å². The van der Waals surface area contributed by atoms with Crippen molar-refractivity contribution in [1.29, 1.82) is 0 Å². The summed E-state index contributed by atoms with van der Waals surface area (Å²) >= 11 is 12.7. The van der Waals surface area contributed by atoms with Crippen LogP contribution in [0.2, 0.25) is 10.2 Å². The molecule has 3 N–H and O–H groups in total. The zero-order chi connectivity index (χ0) is 46.8. The van der Waals surface area contributed by atoms with Crippen molar-refractivity contribution in [1.82, 2.24) is 59.6 Å². The van der Waals surface area contributed by atoms with Gasteiger partial charge in [-0.15, -0.1) is 4.80 Å². The van der Waals surface area contributed by atoms with Crippen LogP contribution in [-0.4, -0.2) is 137 Å². The van der Waals surface area contributed by atoms with Crippen LogP contribution in [0.4, 0.5) is 22.0 Å². The lowest BCUT2D eigenvalue weighted by molar-refractivity contribution is -0.142. The Bertz CT molecular complexity index is 2620. The Labute approximate surface area is 396 Å². The lowest BCUT2D eigenvalue weighted by Gasteiger charge is -2.40. The average molecular weight is 955 g/mol. The van der Waals surface area contributed by atoms with Crippen LogP contribution in [0.25, 0.3) is 11.5 Å². The van der Waals surface area contributed by atoms with Crippen molar-refractivity contribution in [2.24, 2.45) is 17.8 Å². The van der Waals surface area contributed by atoms with Crippen molar-refractivity contribution in [2.75, 3.05) is 68.4 Å². The number of hydrogen-bond donors (Lipinski definition) is 3. The molecule has 4 aliphatic rings. The first kappa shape index (κ1) is 45.9. The molecule has 20 nitrogen and oxygen atoms in total. The van der Waals surface area contributed by atoms with Crippen LogP contribution in [0.1, 0.15) is 81.5 Å². The van der Waals surface area contributed by atoms with E-state index in [0.717, 1.165) is 56.9 Å². The summed E-state index contributed by atoms with van der Waals surface area (Å²) in [6.45, 7) is 7.79. The maximum absolute atomic E-state index is 14.1. The molecule has 0 aromatic carbocycles. The predicted molar refractivity (Wildman–Crippen MR) is 249 cm³/mol. The summed E-state index contributed by atoms with van der Waals surface area (Å²) in [5.41, 5.74) is 2.43. The number of nitrogens with one attached hydrogen (secondary N) is 3. The number of anilines is 3. The Balaban J connectivity index is 0.732. The fourth-order valence-electron chi connectivity index (χ4n) is 9.85. The van der Waals surface area contributed by atoms with E-state index in [1.807, 2.05) is 24.0 Å². The highest BCUT2D eigenvalue weighted by Crippen LogP contribution is 2.35. The lowest BCUT2D eigenvalue weighted by atomic mass is 9.80. The topological polar surface area (TPSA) is 221 Å². The summed E-state index contributed by atoms with van der Waals surface area (Å²) in [4.78, 5) is 88.2. The molecule has 22 heteroatoms. The maximum atomic E-state index is 14.1. The molecule has 3 saturated heterocycles. The quantitative estimate of drug-likeness (QED) is 0.149. The Morgan fingerprint density at radius 2 is 1.58 bits per heavy atom. The van der Waals surface area contributed by atoms with Gasteiger partial charge >= 0.3 is 6.03 Å². The number of urea groups is 1. The van der Waals surface area contributed by atoms with Gasteiger partial charge in [-0.1, -0.05) is 29.3 Å². The summed E-state index contributed by atoms with van der Waals surface area (Å²) in [6.07, 6.45) is 13.2. The van der Waals surface area contributed by atoms with Crippen molar-refractivity contribution >= 4 is 75.7 Å². The molecule has 67 heavy (non-hydrogen) atoms. The van der Waals surface area contributed by atoms with E-state index in [4.69, 9.17) is 23.2 Å². The fraction of sp³-hybridized carbons (Fsp3) is 0.489. The second-order valence-corrected chi connectivity index (χ2v) is 18.7. The maximum Gasteiger partial charge on any atom is 0.323 e. The molecule has 0 bridgehead atoms. The molecule has 352 valence electrons. The van der Waals surface area contributed by atoms with Gasteiger partial charge in [0.1, 0.15) is 5.82 Å². The lowest BCUT2D eigenvalue weighted by Crippen LogP contribution is -2.52. The Morgan fingerprint density at radius 3 is 2.27 bits per heavy atom. The fourth-order valence-corrected chi connectivity index (χ4v) is 10.3. The molecule has 4 fully saturated rings. The molecule has 6 amide bonds. The van der Waals surface area contributed by atoms with E-state index in [1.54, 1.807) is 24.2 Å². The Morgan fingerprint density at radius 1 is 0.851 bits per heavy atom. The smallest absolute Gasteiger partial charge is 0.323 e. The minimum Gasteiger partial charge on any atom is -0.357 e. The number of carbonyl (C=O) groups is 5. The van der Waals surface area contributed by atoms with Crippen molar-refractivity contribution < 1.29 is 24.0 Å². The van der Waals surface area contributed by atoms with Gasteiger partial charge in [-0.25, -0.2) is 24.3 Å². The van der Waals surface area contributed by atoms with Gasteiger partial charge in [0.05, 0.1) is 58.8 Å². The van der Waals surface area contributed by atoms with Gasteiger partial charge in [0, 0.05) is 83.4 Å². The number of carbonyl (C=O) groups excluding carboxylic acids is 5. The number of piperazine rings is 1. The molecule has 1 unspecified atom stereocenters. The van der Waals surface area contributed by atoms with Crippen LogP contribution >= 0.6 is 23.2 Å². The first-order chi connectivity index (χ1) is 32.4. The number of hydrogen-bond acceptors (Lipinski definition) is 13. The minimum absolute atomic E-state index is 0.0529. The summed E-state index contributed by atoms with van der Waals surface area (Å²) in [5, 5.41) is 21.0. The summed E-state index contributed by atoms with van der Waals surface area (Å²) in [5.74, 6) is 0.735. The van der Waals surface area contributed by atoms with Crippen molar-refractivity contribution in [2.45, 2.75) is 70.3 Å². The number of pyridine rings is 2. The SMILES string of the molecule is C[C@H](c1c(NC(=O)Nc2cnc(-n3nccn3)c(Cl)c2)cnc2cc(Cl)nn12)N(C)C(=O)C1CCC(C(=O)N2CCN(CC3CCN(c4ccc(C5CCC(=O)NC5=O)cn4)CC3)CC2)CC1. The molecule has 2 atom stereocenters. The highest BCUT2D eigenvalue weighted by Gasteiger charge is 2.37. The minimum atomic E-state index is -0.599. The van der Waals surface area contributed by atoms with Gasteiger partial charge in [-0.2, -0.15) is 15.3 Å². The first-order valence-corrected chi connectivity index (χ1v) is 23.6. The number of piperidine rings is 2. The van der Waals surface area contributed by atoms with E-state index >= 15 is 0 Å². The molecule has 9 rings (SSSR count). The molecule has 1 saturated carbocycles. The van der Waals surface area contributed by atoms with Crippen LogP contribution < -0.4 is 20.9 Å². The number of imide groups is 1. The van der Waals surface area contributed by atoms with E-state index in [0.29, 0.717) is 86.1 Å². The standard InChI is InChI=1S/C45H53Cl2N15O5/c1-27(40-35(25-49-38-22-36(47)56-61(38)40)54-45(67)53-32-21-34(46)41(50-24-32)62-51-13-14-52-62)57(2)43(65)29-3-5-30(6-4-29)44(66)60-19-17-58(18-20-60)26-28-11-15-59(16-12-28)37-9-7-31(23-48-37)33-8-10-39(63)55-42(33)64/h7,9,13-14,21-25,27-30,33H,3-6,8,10-12,15-20,26H2,1-2H3,(H2,53,54,67)(H,55,63,64)/t27-,29?,30?,33?/m1/s1. The van der Waals surface area contributed by atoms with E-state index in [1.165, 1.54) is 40.2 Å². The van der Waals surface area contributed by atoms with Crippen molar-refractivity contribution in [3.63, 3.8) is 0 Å². The highest BCUT2D eigenvalue weighted by molar-refractivity contribution is 6.32. The van der Waals surface area contributed by atoms with Gasteiger partial charge in [0.15, 0.2) is 16.6 Å². The van der Waals surface area contributed by atoms with E-state index < -0.39 is 12.1 Å². The van der Waals surface area contributed by atoms with Gasteiger partial charge < -0.3 is 25.3 Å². The number of nitrogens with zero attached hydrogens (tertiary/aromatic N) is 12. The van der Waals surface area contributed by atoms with Crippen molar-refractivity contribution in [3.8, 4) is 5.82 Å². The van der Waals surface area contributed by atoms with Crippen LogP contribution in [0.5, 0.6) is 0 Å². The Hall–Kier alpha value is -6.25. The van der Waals surface area contributed by atoms with Gasteiger partial charge in [0.2, 0.25) is 23.6 Å². The largest absolute Gasteiger partial charge is 0.357 e. The first-order valence-electron chi connectivity index (χ1n) is 22.8. The number of amides is 6. The van der Waals surface area contributed by atoms with E-state index in [2.05, 4.69) is 56.0 Å². The van der Waals surface area contributed by atoms with Crippen LogP contribution in [-0.2, 0) is 19.2 Å². The number of aromatic nitrogens is 8. The number of fused-ring (bicyclic) bond motifs is 1. The summed E-state index contributed by atoms with van der Waals surface area (Å²) in [7, 11) is 1.74. The molecule has 5 aromatic rings. The number of halogens is 2. The zero-order valence-corrected chi connectivity index (χ0v) is 38.9. The molecule has 1 aliphatic carbocycles. The van der Waals surface area contributed by atoms with Crippen LogP contribution in [0, 0.1) is 17.8 Å². The molecule has 0 radical (unpaired) electrons. The summed E-state index contributed by atoms with van der Waals surface area (Å²) < 4.78 is 1.53. The second-order valence-electron chi connectivity index (χ2n) is 17.9. The second kappa shape index (κ2) is 19.9. The normalized spacial score (nSPS) is 21.2. The van der Waals surface area contributed by atoms with E-state index in [9.17, 15) is 24.0 Å². The molecule has 0 spiro atoms. The third-order valence-electron chi connectivity index (χ3n) is 13.7. The number of rotatable bonds is 11. The summed E-state index contributed by atoms with van der Waals surface area (Å²) in [6, 6.07) is 5.92. The zero-order valence-electron chi connectivity index (χ0n) is 37.4.